The van der Waals surface area contributed by atoms with E-state index in [2.05, 4.69) is 58.8 Å². The number of nitrogens with one attached hydrogen (secondary N) is 2. The van der Waals surface area contributed by atoms with Crippen LogP contribution in [0.1, 0.15) is 50.9 Å². The highest BCUT2D eigenvalue weighted by Crippen LogP contribution is 2.55. The van der Waals surface area contributed by atoms with Crippen molar-refractivity contribution >= 4 is 5.91 Å². The van der Waals surface area contributed by atoms with Gasteiger partial charge in [0.2, 0.25) is 5.56 Å². The molecular weight excluding hydrogens is 336 g/mol. The van der Waals surface area contributed by atoms with Crippen LogP contribution in [0.5, 0.6) is 0 Å². The van der Waals surface area contributed by atoms with E-state index in [4.69, 9.17) is 0 Å². The van der Waals surface area contributed by atoms with Crippen molar-refractivity contribution in [3.8, 4) is 0 Å². The van der Waals surface area contributed by atoms with Crippen molar-refractivity contribution in [3.63, 3.8) is 0 Å². The van der Waals surface area contributed by atoms with Gasteiger partial charge in [-0.2, -0.15) is 0 Å². The number of rotatable bonds is 3. The molecule has 3 aliphatic carbocycles. The van der Waals surface area contributed by atoms with Gasteiger partial charge in [-0.1, -0.05) is 48.5 Å². The van der Waals surface area contributed by atoms with E-state index < -0.39 is 0 Å². The lowest BCUT2D eigenvalue weighted by Gasteiger charge is -2.45. The van der Waals surface area contributed by atoms with Crippen molar-refractivity contribution in [2.24, 2.45) is 5.92 Å². The Labute approximate surface area is 157 Å². The van der Waals surface area contributed by atoms with Crippen LogP contribution in [0.4, 0.5) is 0 Å². The van der Waals surface area contributed by atoms with Crippen LogP contribution in [0.3, 0.4) is 0 Å². The van der Waals surface area contributed by atoms with Crippen molar-refractivity contribution < 1.29 is 4.79 Å². The van der Waals surface area contributed by atoms with Gasteiger partial charge in [-0.3, -0.25) is 9.59 Å². The van der Waals surface area contributed by atoms with Crippen molar-refractivity contribution in [3.05, 3.63) is 105 Å². The molecule has 27 heavy (non-hydrogen) atoms. The number of fused-ring (bicyclic) bond motifs is 1. The van der Waals surface area contributed by atoms with Crippen LogP contribution >= 0.6 is 0 Å². The maximum Gasteiger partial charge on any atom is 0.252 e. The Morgan fingerprint density at radius 2 is 1.56 bits per heavy atom. The van der Waals surface area contributed by atoms with Gasteiger partial charge in [0.1, 0.15) is 0 Å². The molecular formula is C23H20N2O2. The van der Waals surface area contributed by atoms with E-state index in [-0.39, 0.29) is 11.5 Å². The molecule has 4 heteroatoms. The lowest BCUT2D eigenvalue weighted by atomic mass is 9.59. The number of aromatic amines is 1. The van der Waals surface area contributed by atoms with Crippen molar-refractivity contribution in [1.29, 1.82) is 0 Å². The lowest BCUT2D eigenvalue weighted by Crippen LogP contribution is -2.39. The molecule has 1 amide bonds. The van der Waals surface area contributed by atoms with E-state index in [0.29, 0.717) is 29.9 Å². The third kappa shape index (κ3) is 2.60. The molecule has 2 N–H and O–H groups in total. The number of hydrogen-bond acceptors (Lipinski definition) is 2. The first-order valence-corrected chi connectivity index (χ1v) is 9.37. The van der Waals surface area contributed by atoms with Crippen LogP contribution in [-0.2, 0) is 0 Å². The molecule has 4 nitrogen and oxygen atoms in total. The molecule has 1 atom stereocenters. The molecule has 3 aromatic rings. The molecule has 2 bridgehead atoms. The third-order valence-electron chi connectivity index (χ3n) is 5.99. The van der Waals surface area contributed by atoms with Crippen LogP contribution in [0.25, 0.3) is 0 Å². The molecule has 0 saturated carbocycles. The fourth-order valence-corrected chi connectivity index (χ4v) is 4.84. The first-order chi connectivity index (χ1) is 13.2. The van der Waals surface area contributed by atoms with E-state index in [0.717, 1.165) is 6.42 Å². The van der Waals surface area contributed by atoms with Gasteiger partial charge in [0.15, 0.2) is 0 Å². The molecule has 3 aliphatic rings. The third-order valence-corrected chi connectivity index (χ3v) is 5.99. The van der Waals surface area contributed by atoms with Crippen LogP contribution in [0.15, 0.2) is 71.7 Å². The van der Waals surface area contributed by atoms with Crippen LogP contribution < -0.4 is 10.9 Å². The molecule has 0 aliphatic heterocycles. The summed E-state index contributed by atoms with van der Waals surface area (Å²) in [4.78, 5) is 26.2. The summed E-state index contributed by atoms with van der Waals surface area (Å²) in [5, 5.41) is 3.07. The normalized spacial score (nSPS) is 22.0. The Morgan fingerprint density at radius 3 is 2.15 bits per heavy atom. The summed E-state index contributed by atoms with van der Waals surface area (Å²) in [5.74, 6) is 0.941. The summed E-state index contributed by atoms with van der Waals surface area (Å²) in [6.45, 7) is 0.627. The van der Waals surface area contributed by atoms with Crippen molar-refractivity contribution in [1.82, 2.24) is 10.3 Å². The largest absolute Gasteiger partial charge is 0.352 e. The zero-order chi connectivity index (χ0) is 18.4. The van der Waals surface area contributed by atoms with Crippen molar-refractivity contribution in [2.45, 2.75) is 18.3 Å². The highest BCUT2D eigenvalue weighted by atomic mass is 16.1. The first-order valence-electron chi connectivity index (χ1n) is 9.37. The average molecular weight is 356 g/mol. The lowest BCUT2D eigenvalue weighted by molar-refractivity contribution is 0.0942. The van der Waals surface area contributed by atoms with Crippen LogP contribution in [0, 0.1) is 5.92 Å². The highest BCUT2D eigenvalue weighted by Gasteiger charge is 2.42. The topological polar surface area (TPSA) is 62.0 Å². The van der Waals surface area contributed by atoms with Gasteiger partial charge in [-0.05, 0) is 40.7 Å². The Hall–Kier alpha value is -3.14. The van der Waals surface area contributed by atoms with E-state index in [1.54, 1.807) is 6.07 Å². The molecule has 134 valence electrons. The quantitative estimate of drug-likeness (QED) is 0.755. The number of aromatic nitrogens is 1. The number of carbonyl (C=O) groups is 1. The summed E-state index contributed by atoms with van der Waals surface area (Å²) < 4.78 is 0. The number of pyridine rings is 1. The minimum atomic E-state index is -0.204. The van der Waals surface area contributed by atoms with Gasteiger partial charge in [0, 0.05) is 30.6 Å². The summed E-state index contributed by atoms with van der Waals surface area (Å²) >= 11 is 0. The summed E-state index contributed by atoms with van der Waals surface area (Å²) in [6.07, 6.45) is 2.51. The minimum Gasteiger partial charge on any atom is -0.352 e. The number of hydrogen-bond donors (Lipinski definition) is 2. The molecule has 0 spiro atoms. The Morgan fingerprint density at radius 1 is 0.926 bits per heavy atom. The van der Waals surface area contributed by atoms with E-state index in [1.165, 1.54) is 34.5 Å². The second kappa shape index (κ2) is 6.23. The highest BCUT2D eigenvalue weighted by molar-refractivity contribution is 5.93. The fourth-order valence-electron chi connectivity index (χ4n) is 4.84. The minimum absolute atomic E-state index is 0.144. The van der Waals surface area contributed by atoms with Crippen molar-refractivity contribution in [2.75, 3.05) is 6.54 Å². The van der Waals surface area contributed by atoms with Gasteiger partial charge < -0.3 is 10.3 Å². The Kier molecular flexibility index (Phi) is 3.71. The predicted molar refractivity (Wildman–Crippen MR) is 104 cm³/mol. The van der Waals surface area contributed by atoms with Gasteiger partial charge in [0.05, 0.1) is 5.56 Å². The Bertz CT molecular complexity index is 1020. The van der Waals surface area contributed by atoms with E-state index >= 15 is 0 Å². The molecule has 0 saturated heterocycles. The second-order valence-electron chi connectivity index (χ2n) is 7.44. The molecule has 6 rings (SSSR count). The van der Waals surface area contributed by atoms with E-state index in [9.17, 15) is 9.59 Å². The number of benzene rings is 2. The first kappa shape index (κ1) is 16.1. The molecule has 0 fully saturated rings. The molecule has 1 aromatic heterocycles. The SMILES string of the molecule is O=C(NC[C@@H]1CC2c3ccccc3C1c1ccccc12)c1ccc(=O)[nH]c1. The second-order valence-corrected chi connectivity index (χ2v) is 7.44. The monoisotopic (exact) mass is 356 g/mol. The zero-order valence-electron chi connectivity index (χ0n) is 14.8. The van der Waals surface area contributed by atoms with Gasteiger partial charge >= 0.3 is 0 Å². The smallest absolute Gasteiger partial charge is 0.252 e. The molecule has 1 heterocycles. The standard InChI is InChI=1S/C23H20N2O2/c26-21-10-9-14(12-24-21)23(27)25-13-15-11-20-16-5-1-3-7-18(16)22(15)19-8-4-2-6-17(19)20/h1-10,12,15,20,22H,11,13H2,(H,24,26)(H,25,27)/t15-,20?,22?/m0/s1. The average Bonchev–Trinajstić information content (AvgIpc) is 2.72. The fraction of sp³-hybridized carbons (Fsp3) is 0.217. The summed E-state index contributed by atoms with van der Waals surface area (Å²) in [7, 11) is 0. The number of amides is 1. The molecule has 2 aromatic carbocycles. The van der Waals surface area contributed by atoms with E-state index in [1.807, 2.05) is 0 Å². The maximum atomic E-state index is 12.5. The van der Waals surface area contributed by atoms with Gasteiger partial charge in [0.25, 0.3) is 5.91 Å². The zero-order valence-corrected chi connectivity index (χ0v) is 14.8. The Balaban J connectivity index is 1.43. The molecule has 0 unspecified atom stereocenters. The van der Waals surface area contributed by atoms with Crippen LogP contribution in [0.2, 0.25) is 0 Å². The molecule has 0 radical (unpaired) electrons. The predicted octanol–water partition coefficient (Wildman–Crippen LogP) is 3.40. The van der Waals surface area contributed by atoms with Gasteiger partial charge in [-0.25, -0.2) is 0 Å². The van der Waals surface area contributed by atoms with Crippen LogP contribution in [-0.4, -0.2) is 17.4 Å². The summed E-state index contributed by atoms with van der Waals surface area (Å²) in [6, 6.07) is 20.4. The summed E-state index contributed by atoms with van der Waals surface area (Å²) in [5.41, 5.74) is 5.95. The van der Waals surface area contributed by atoms with Gasteiger partial charge in [-0.15, -0.1) is 0 Å². The number of H-pyrrole nitrogens is 1. The number of carbonyl (C=O) groups excluding carboxylic acids is 1. The maximum absolute atomic E-state index is 12.5.